The third kappa shape index (κ3) is 19.0. The average Bonchev–Trinajstić information content (AvgIpc) is 3.29. The van der Waals surface area contributed by atoms with Crippen molar-refractivity contribution in [2.75, 3.05) is 41.3 Å². The Kier molecular flexibility index (Phi) is 24.2. The van der Waals surface area contributed by atoms with Crippen molar-refractivity contribution in [2.45, 2.75) is 131 Å². The second-order valence-corrected chi connectivity index (χ2v) is 18.9. The number of carbonyl (C=O) groups is 8. The van der Waals surface area contributed by atoms with Gasteiger partial charge in [-0.15, -0.1) is 0 Å². The molecule has 0 spiro atoms. The number of hydrogen-bond donors (Lipinski definition) is 2. The minimum atomic E-state index is -1.58. The van der Waals surface area contributed by atoms with Crippen LogP contribution in [-0.2, 0) is 60.6 Å². The number of carboxylic acid groups (broad SMARTS) is 1. The molecule has 0 bridgehead atoms. The number of hydrogen-bond acceptors (Lipinski definition) is 13. The molecule has 0 aliphatic rings. The average molecular weight is 969 g/mol. The molecular weight excluding hydrogens is 893 g/mol. The minimum absolute atomic E-state index is 0.0294. The van der Waals surface area contributed by atoms with Crippen LogP contribution in [0.5, 0.6) is 0 Å². The Labute approximate surface area is 407 Å². The number of carbonyl (C=O) groups excluding carboxylic acids is 7. The molecular formula is C50H76N6O13. The van der Waals surface area contributed by atoms with Crippen LogP contribution >= 0.6 is 0 Å². The number of ether oxygens (including phenoxy) is 4. The van der Waals surface area contributed by atoms with Gasteiger partial charge < -0.3 is 34.3 Å². The molecule has 0 aromatic heterocycles. The molecule has 0 aliphatic carbocycles. The lowest BCUT2D eigenvalue weighted by atomic mass is 10.0. The van der Waals surface area contributed by atoms with Crippen molar-refractivity contribution in [1.29, 1.82) is 0 Å². The van der Waals surface area contributed by atoms with Gasteiger partial charge in [0, 0.05) is 47.1 Å². The Morgan fingerprint density at radius 2 is 0.957 bits per heavy atom. The van der Waals surface area contributed by atoms with Crippen LogP contribution in [0.1, 0.15) is 93.2 Å². The van der Waals surface area contributed by atoms with E-state index in [1.165, 1.54) is 39.9 Å². The molecule has 2 aromatic rings. The first-order valence-electron chi connectivity index (χ1n) is 23.5. The first-order valence-corrected chi connectivity index (χ1v) is 23.5. The zero-order valence-electron chi connectivity index (χ0n) is 42.9. The smallest absolute Gasteiger partial charge is 0.429 e. The summed E-state index contributed by atoms with van der Waals surface area (Å²) < 4.78 is 22.6. The molecule has 0 unspecified atom stereocenters. The maximum absolute atomic E-state index is 14.3. The Morgan fingerprint density at radius 1 is 0.522 bits per heavy atom. The Morgan fingerprint density at radius 3 is 1.38 bits per heavy atom. The van der Waals surface area contributed by atoms with Crippen LogP contribution in [0.3, 0.4) is 0 Å². The molecule has 69 heavy (non-hydrogen) atoms. The summed E-state index contributed by atoms with van der Waals surface area (Å²) in [4.78, 5) is 111. The normalized spacial score (nSPS) is 13.9. The number of hydrazine groups is 2. The van der Waals surface area contributed by atoms with E-state index in [9.17, 15) is 43.5 Å². The second kappa shape index (κ2) is 28.3. The molecule has 0 fully saturated rings. The van der Waals surface area contributed by atoms with Gasteiger partial charge in [0.2, 0.25) is 0 Å². The van der Waals surface area contributed by atoms with Gasteiger partial charge in [-0.05, 0) is 68.5 Å². The predicted octanol–water partition coefficient (Wildman–Crippen LogP) is 5.60. The largest absolute Gasteiger partial charge is 0.479 e. The summed E-state index contributed by atoms with van der Waals surface area (Å²) in [6.07, 6.45) is -7.70. The van der Waals surface area contributed by atoms with Crippen LogP contribution in [0.25, 0.3) is 0 Å². The van der Waals surface area contributed by atoms with Gasteiger partial charge in [0.1, 0.15) is 12.1 Å². The molecule has 2 N–H and O–H groups in total. The standard InChI is InChI=1S/C50H76N6O13/c1-31(2)25-39(51-11)47(62)68-41(27-37-21-17-15-18-22-37)44(58)52(12)40(26-32(3)4)48(63)66-35(9)43(57)53(13)56(30-34(7)8)50(65)69-42(28-38-23-19-16-20-24-38)45(59)54(14)55(29-33(5)6)49(64)67-36(10)46(60)61/h15-24,31-36,39-42,51H,25-30H2,1-14H3,(H,60,61)/t35-,36-,39+,40+,41-,42-/m1/s1. The fraction of sp³-hybridized carbons (Fsp3) is 0.600. The number of nitrogens with zero attached hydrogens (tertiary/aromatic N) is 5. The van der Waals surface area contributed by atoms with Gasteiger partial charge >= 0.3 is 30.1 Å². The fourth-order valence-corrected chi connectivity index (χ4v) is 7.07. The number of carboxylic acids is 1. The molecule has 2 aromatic carbocycles. The number of amides is 5. The fourth-order valence-electron chi connectivity index (χ4n) is 7.07. The Hall–Kier alpha value is -6.24. The van der Waals surface area contributed by atoms with E-state index >= 15 is 0 Å². The summed E-state index contributed by atoms with van der Waals surface area (Å²) in [5.41, 5.74) is 1.31. The zero-order valence-corrected chi connectivity index (χ0v) is 42.9. The van der Waals surface area contributed by atoms with Crippen molar-refractivity contribution < 1.29 is 62.4 Å². The third-order valence-corrected chi connectivity index (χ3v) is 10.8. The van der Waals surface area contributed by atoms with E-state index in [1.54, 1.807) is 89.3 Å². The van der Waals surface area contributed by atoms with Crippen molar-refractivity contribution in [2.24, 2.45) is 23.7 Å². The second-order valence-electron chi connectivity index (χ2n) is 18.9. The van der Waals surface area contributed by atoms with Gasteiger partial charge in [-0.3, -0.25) is 19.2 Å². The predicted molar refractivity (Wildman–Crippen MR) is 257 cm³/mol. The summed E-state index contributed by atoms with van der Waals surface area (Å²) in [5.74, 6) is -5.75. The zero-order chi connectivity index (χ0) is 52.3. The summed E-state index contributed by atoms with van der Waals surface area (Å²) in [6, 6.07) is 15.7. The van der Waals surface area contributed by atoms with E-state index in [0.717, 1.165) is 25.6 Å². The van der Waals surface area contributed by atoms with E-state index in [2.05, 4.69) is 5.32 Å². The van der Waals surface area contributed by atoms with Crippen molar-refractivity contribution >= 4 is 47.8 Å². The molecule has 0 aliphatic heterocycles. The number of likely N-dealkylation sites (N-methyl/N-ethyl adjacent to an activating group) is 4. The first-order chi connectivity index (χ1) is 32.3. The number of rotatable bonds is 24. The maximum atomic E-state index is 14.3. The molecule has 0 saturated carbocycles. The van der Waals surface area contributed by atoms with Gasteiger partial charge in [0.25, 0.3) is 17.7 Å². The lowest BCUT2D eigenvalue weighted by Crippen LogP contribution is -2.56. The molecule has 6 atom stereocenters. The first kappa shape index (κ1) is 58.9. The van der Waals surface area contributed by atoms with Crippen molar-refractivity contribution in [3.05, 3.63) is 71.8 Å². The lowest BCUT2D eigenvalue weighted by molar-refractivity contribution is -0.173. The van der Waals surface area contributed by atoms with Gasteiger partial charge in [0.15, 0.2) is 24.4 Å². The topological polar surface area (TPSA) is 222 Å². The molecule has 5 amide bonds. The van der Waals surface area contributed by atoms with Gasteiger partial charge in [0.05, 0.1) is 0 Å². The minimum Gasteiger partial charge on any atom is -0.479 e. The van der Waals surface area contributed by atoms with Crippen molar-refractivity contribution in [3.8, 4) is 0 Å². The van der Waals surface area contributed by atoms with Gasteiger partial charge in [-0.25, -0.2) is 39.2 Å². The molecule has 2 rings (SSSR count). The molecule has 19 nitrogen and oxygen atoms in total. The van der Waals surface area contributed by atoms with Gasteiger partial charge in [-0.2, -0.15) is 0 Å². The highest BCUT2D eigenvalue weighted by molar-refractivity contribution is 5.91. The van der Waals surface area contributed by atoms with Crippen LogP contribution in [0.4, 0.5) is 9.59 Å². The summed E-state index contributed by atoms with van der Waals surface area (Å²) >= 11 is 0. The molecule has 0 saturated heterocycles. The Balaban J connectivity index is 2.45. The number of benzene rings is 2. The third-order valence-electron chi connectivity index (χ3n) is 10.8. The van der Waals surface area contributed by atoms with E-state index < -0.39 is 84.3 Å². The van der Waals surface area contributed by atoms with Crippen LogP contribution in [0, 0.1) is 23.7 Å². The Bertz CT molecular complexity index is 2000. The number of esters is 2. The van der Waals surface area contributed by atoms with Crippen LogP contribution in [-0.4, -0.2) is 156 Å². The monoisotopic (exact) mass is 969 g/mol. The van der Waals surface area contributed by atoms with Crippen LogP contribution < -0.4 is 5.32 Å². The quantitative estimate of drug-likeness (QED) is 0.0743. The highest BCUT2D eigenvalue weighted by Crippen LogP contribution is 2.21. The van der Waals surface area contributed by atoms with Gasteiger partial charge in [-0.1, -0.05) is 116 Å². The molecule has 19 heteroatoms. The van der Waals surface area contributed by atoms with E-state index in [4.69, 9.17) is 18.9 Å². The summed E-state index contributed by atoms with van der Waals surface area (Å²) in [5, 5.41) is 16.1. The maximum Gasteiger partial charge on any atom is 0.429 e. The summed E-state index contributed by atoms with van der Waals surface area (Å²) in [7, 11) is 5.59. The highest BCUT2D eigenvalue weighted by atomic mass is 16.6. The molecule has 0 heterocycles. The van der Waals surface area contributed by atoms with Crippen molar-refractivity contribution in [1.82, 2.24) is 30.3 Å². The summed E-state index contributed by atoms with van der Waals surface area (Å²) in [6.45, 7) is 17.1. The number of nitrogens with one attached hydrogen (secondary N) is 1. The van der Waals surface area contributed by atoms with Crippen LogP contribution in [0.15, 0.2) is 60.7 Å². The number of aliphatic carboxylic acids is 1. The molecule has 0 radical (unpaired) electrons. The van der Waals surface area contributed by atoms with E-state index in [0.29, 0.717) is 12.0 Å². The van der Waals surface area contributed by atoms with Crippen molar-refractivity contribution in [3.63, 3.8) is 0 Å². The highest BCUT2D eigenvalue weighted by Gasteiger charge is 2.40. The van der Waals surface area contributed by atoms with Crippen LogP contribution in [0.2, 0.25) is 0 Å². The van der Waals surface area contributed by atoms with E-state index in [1.807, 2.05) is 33.8 Å². The SMILES string of the molecule is CN[C@@H](CC(C)C)C(=O)O[C@H](Cc1ccccc1)C(=O)N(C)[C@@H](CC(C)C)C(=O)O[C@H](C)C(=O)N(C)N(CC(C)C)C(=O)O[C@H](Cc1ccccc1)C(=O)N(C)N(CC(C)C)C(=O)O[C@H](C)C(=O)O. The molecule has 384 valence electrons. The van der Waals surface area contributed by atoms with E-state index in [-0.39, 0.29) is 56.0 Å². The lowest BCUT2D eigenvalue weighted by Gasteiger charge is -2.37.